The van der Waals surface area contributed by atoms with Gasteiger partial charge in [0.15, 0.2) is 0 Å². The molecule has 276 valence electrons. The van der Waals surface area contributed by atoms with Crippen LogP contribution >= 0.6 is 0 Å². The van der Waals surface area contributed by atoms with Crippen LogP contribution in [0, 0.1) is 5.92 Å². The number of nitrogens with two attached hydrogens (primary N) is 3. The van der Waals surface area contributed by atoms with Crippen molar-refractivity contribution in [3.8, 4) is 0 Å². The number of nitrogens with one attached hydrogen (secondary N) is 3. The summed E-state index contributed by atoms with van der Waals surface area (Å²) in [6, 6.07) is -6.70. The van der Waals surface area contributed by atoms with Crippen LogP contribution in [-0.2, 0) is 38.4 Å². The maximum Gasteiger partial charge on any atom is 0.326 e. The number of carboxylic acids is 2. The molecule has 2 fully saturated rings. The van der Waals surface area contributed by atoms with Crippen molar-refractivity contribution in [3.63, 3.8) is 0 Å². The second-order valence-corrected chi connectivity index (χ2v) is 12.9. The molecule has 49 heavy (non-hydrogen) atoms. The minimum absolute atomic E-state index is 0.161. The van der Waals surface area contributed by atoms with Crippen LogP contribution in [0.1, 0.15) is 84.5 Å². The largest absolute Gasteiger partial charge is 0.481 e. The average Bonchev–Trinajstić information content (AvgIpc) is 3.73. The van der Waals surface area contributed by atoms with Gasteiger partial charge in [0.05, 0.1) is 6.04 Å². The number of hydrogen-bond acceptors (Lipinski definition) is 10. The van der Waals surface area contributed by atoms with Gasteiger partial charge in [-0.3, -0.25) is 33.6 Å². The van der Waals surface area contributed by atoms with Crippen molar-refractivity contribution < 1.29 is 48.6 Å². The SMILES string of the molecule is CC(C)[C@H](NC(=O)[C@@H]1CCCN1C(=O)[C@H](CCC(=O)O)NC(=O)[C@@H](N)CCCCN)C(=O)N1CCC[C@H]1C(=O)N[C@@H](CCC(N)=O)C(=O)O. The van der Waals surface area contributed by atoms with E-state index in [-0.39, 0.29) is 45.2 Å². The molecule has 6 atom stereocenters. The number of likely N-dealkylation sites (tertiary alicyclic amines) is 2. The van der Waals surface area contributed by atoms with E-state index >= 15 is 0 Å². The Morgan fingerprint density at radius 2 is 1.31 bits per heavy atom. The van der Waals surface area contributed by atoms with Gasteiger partial charge in [-0.25, -0.2) is 4.79 Å². The average molecular weight is 697 g/mol. The van der Waals surface area contributed by atoms with Gasteiger partial charge in [-0.15, -0.1) is 0 Å². The number of hydrogen-bond donors (Lipinski definition) is 8. The third-order valence-corrected chi connectivity index (χ3v) is 8.77. The summed E-state index contributed by atoms with van der Waals surface area (Å²) in [5.41, 5.74) is 16.6. The number of carbonyl (C=O) groups excluding carboxylic acids is 6. The lowest BCUT2D eigenvalue weighted by Crippen LogP contribution is -2.59. The summed E-state index contributed by atoms with van der Waals surface area (Å²) in [6.45, 7) is 4.17. The first-order chi connectivity index (χ1) is 23.1. The second-order valence-electron chi connectivity index (χ2n) is 12.9. The van der Waals surface area contributed by atoms with Crippen LogP contribution in [0.3, 0.4) is 0 Å². The first-order valence-corrected chi connectivity index (χ1v) is 16.8. The lowest BCUT2D eigenvalue weighted by molar-refractivity contribution is -0.146. The molecule has 2 aliphatic rings. The van der Waals surface area contributed by atoms with Crippen LogP contribution in [0.25, 0.3) is 0 Å². The van der Waals surface area contributed by atoms with Gasteiger partial charge in [0.25, 0.3) is 0 Å². The van der Waals surface area contributed by atoms with Crippen molar-refractivity contribution >= 4 is 47.4 Å². The Morgan fingerprint density at radius 3 is 1.82 bits per heavy atom. The Balaban J connectivity index is 2.17. The van der Waals surface area contributed by atoms with Gasteiger partial charge >= 0.3 is 11.9 Å². The third kappa shape index (κ3) is 12.3. The first-order valence-electron chi connectivity index (χ1n) is 16.8. The van der Waals surface area contributed by atoms with Crippen LogP contribution in [0.2, 0.25) is 0 Å². The first kappa shape index (κ1) is 40.9. The summed E-state index contributed by atoms with van der Waals surface area (Å²) < 4.78 is 0. The van der Waals surface area contributed by atoms with Crippen LogP contribution in [0.4, 0.5) is 0 Å². The maximum absolute atomic E-state index is 13.8. The van der Waals surface area contributed by atoms with Crippen molar-refractivity contribution in [2.75, 3.05) is 19.6 Å². The predicted molar refractivity (Wildman–Crippen MR) is 174 cm³/mol. The molecule has 2 heterocycles. The highest BCUT2D eigenvalue weighted by Gasteiger charge is 2.43. The third-order valence-electron chi connectivity index (χ3n) is 8.77. The Hall–Kier alpha value is -4.32. The molecule has 0 saturated carbocycles. The smallest absolute Gasteiger partial charge is 0.326 e. The fourth-order valence-electron chi connectivity index (χ4n) is 6.00. The highest BCUT2D eigenvalue weighted by atomic mass is 16.4. The fourth-order valence-corrected chi connectivity index (χ4v) is 6.00. The number of carbonyl (C=O) groups is 8. The van der Waals surface area contributed by atoms with Crippen LogP contribution in [0.5, 0.6) is 0 Å². The molecule has 2 aliphatic heterocycles. The second kappa shape index (κ2) is 19.6. The number of aliphatic carboxylic acids is 2. The van der Waals surface area contributed by atoms with Crippen LogP contribution in [-0.4, -0.2) is 123 Å². The molecule has 0 aliphatic carbocycles. The zero-order valence-electron chi connectivity index (χ0n) is 28.2. The molecule has 0 bridgehead atoms. The molecule has 2 rings (SSSR count). The zero-order chi connectivity index (χ0) is 36.8. The number of nitrogens with zero attached hydrogens (tertiary/aromatic N) is 2. The molecule has 18 heteroatoms. The van der Waals surface area contributed by atoms with Crippen molar-refractivity contribution in [3.05, 3.63) is 0 Å². The van der Waals surface area contributed by atoms with E-state index in [1.54, 1.807) is 13.8 Å². The van der Waals surface area contributed by atoms with Gasteiger partial charge in [0, 0.05) is 25.9 Å². The molecule has 6 amide bonds. The minimum atomic E-state index is -1.39. The van der Waals surface area contributed by atoms with Gasteiger partial charge in [0.1, 0.15) is 30.2 Å². The normalized spacial score (nSPS) is 19.9. The number of amides is 6. The Morgan fingerprint density at radius 1 is 0.755 bits per heavy atom. The van der Waals surface area contributed by atoms with E-state index in [1.807, 2.05) is 0 Å². The molecule has 11 N–H and O–H groups in total. The molecular formula is C31H52N8O10. The molecule has 0 aromatic carbocycles. The van der Waals surface area contributed by atoms with Gasteiger partial charge in [0.2, 0.25) is 35.4 Å². The molecule has 0 aromatic heterocycles. The summed E-state index contributed by atoms with van der Waals surface area (Å²) in [5.74, 6) is -6.87. The molecule has 2 saturated heterocycles. The fraction of sp³-hybridized carbons (Fsp3) is 0.742. The molecule has 0 unspecified atom stereocenters. The Kier molecular flexibility index (Phi) is 16.4. The van der Waals surface area contributed by atoms with E-state index in [9.17, 15) is 48.6 Å². The lowest BCUT2D eigenvalue weighted by atomic mass is 10.0. The molecule has 18 nitrogen and oxygen atoms in total. The van der Waals surface area contributed by atoms with Gasteiger partial charge in [-0.05, 0) is 63.8 Å². The van der Waals surface area contributed by atoms with Gasteiger partial charge in [-0.2, -0.15) is 0 Å². The lowest BCUT2D eigenvalue weighted by Gasteiger charge is -2.33. The summed E-state index contributed by atoms with van der Waals surface area (Å²) in [7, 11) is 0. The van der Waals surface area contributed by atoms with E-state index in [2.05, 4.69) is 16.0 Å². The topological polar surface area (TPSA) is 298 Å². The highest BCUT2D eigenvalue weighted by molar-refractivity contribution is 5.97. The van der Waals surface area contributed by atoms with Crippen LogP contribution < -0.4 is 33.2 Å². The van der Waals surface area contributed by atoms with Gasteiger partial charge in [-0.1, -0.05) is 20.3 Å². The quantitative estimate of drug-likeness (QED) is 0.0627. The van der Waals surface area contributed by atoms with E-state index < -0.39 is 96.0 Å². The summed E-state index contributed by atoms with van der Waals surface area (Å²) in [5, 5.41) is 26.4. The molecule has 0 aromatic rings. The number of rotatable bonds is 20. The number of unbranched alkanes of at least 4 members (excludes halogenated alkanes) is 1. The summed E-state index contributed by atoms with van der Waals surface area (Å²) >= 11 is 0. The summed E-state index contributed by atoms with van der Waals surface area (Å²) in [6.07, 6.45) is 1.83. The monoisotopic (exact) mass is 696 g/mol. The van der Waals surface area contributed by atoms with Crippen molar-refractivity contribution in [2.45, 2.75) is 121 Å². The highest BCUT2D eigenvalue weighted by Crippen LogP contribution is 2.23. The maximum atomic E-state index is 13.8. The van der Waals surface area contributed by atoms with Gasteiger partial charge < -0.3 is 53.2 Å². The predicted octanol–water partition coefficient (Wildman–Crippen LogP) is -2.25. The molecule has 0 spiro atoms. The van der Waals surface area contributed by atoms with E-state index in [4.69, 9.17) is 17.2 Å². The zero-order valence-corrected chi connectivity index (χ0v) is 28.2. The van der Waals surface area contributed by atoms with E-state index in [0.29, 0.717) is 38.6 Å². The number of primary amides is 1. The van der Waals surface area contributed by atoms with Crippen LogP contribution in [0.15, 0.2) is 0 Å². The summed E-state index contributed by atoms with van der Waals surface area (Å²) in [4.78, 5) is 104. The standard InChI is InChI=1S/C31H52N8O10/c1-17(2)25(30(47)39-16-6-8-21(39)27(44)36-20(31(48)49)10-12-23(34)40)37-28(45)22-9-5-15-38(22)29(46)19(11-13-24(41)42)35-26(43)18(33)7-3-4-14-32/h17-22,25H,3-16,32-33H2,1-2H3,(H2,34,40)(H,35,43)(H,36,44)(H,37,45)(H,41,42)(H,48,49)/t18-,19-,20-,21-,22-,25-/m0/s1. The number of carboxylic acid groups (broad SMARTS) is 2. The molecule has 0 radical (unpaired) electrons. The van der Waals surface area contributed by atoms with E-state index in [0.717, 1.165) is 0 Å². The molecular weight excluding hydrogens is 644 g/mol. The van der Waals surface area contributed by atoms with Crippen molar-refractivity contribution in [1.82, 2.24) is 25.8 Å². The Labute approximate surface area is 285 Å². The minimum Gasteiger partial charge on any atom is -0.481 e. The van der Waals surface area contributed by atoms with Crippen molar-refractivity contribution in [1.29, 1.82) is 0 Å². The Bertz CT molecular complexity index is 1230. The van der Waals surface area contributed by atoms with Crippen molar-refractivity contribution in [2.24, 2.45) is 23.1 Å². The van der Waals surface area contributed by atoms with E-state index in [1.165, 1.54) is 9.80 Å².